The van der Waals surface area contributed by atoms with Gasteiger partial charge in [-0.15, -0.1) is 0 Å². The number of anilines is 1. The molecule has 118 valence electrons. The lowest BCUT2D eigenvalue weighted by molar-refractivity contribution is 0.00755. The van der Waals surface area contributed by atoms with Gasteiger partial charge in [0, 0.05) is 12.7 Å². The van der Waals surface area contributed by atoms with Crippen LogP contribution < -0.4 is 10.6 Å². The van der Waals surface area contributed by atoms with Crippen molar-refractivity contribution in [3.63, 3.8) is 0 Å². The molecule has 0 aliphatic heterocycles. The summed E-state index contributed by atoms with van der Waals surface area (Å²) in [5.41, 5.74) is -0.211. The third-order valence-corrected chi connectivity index (χ3v) is 3.89. The first-order valence-corrected chi connectivity index (χ1v) is 7.61. The molecule has 0 radical (unpaired) electrons. The largest absolute Gasteiger partial charge is 0.388 e. The maximum Gasteiger partial charge on any atom is 0.319 e. The van der Waals surface area contributed by atoms with Crippen LogP contribution in [0.3, 0.4) is 0 Å². The first-order chi connectivity index (χ1) is 9.78. The number of aliphatic hydroxyl groups is 1. The fraction of sp³-hybridized carbons (Fsp3) is 0.733. The van der Waals surface area contributed by atoms with Crippen molar-refractivity contribution < 1.29 is 9.90 Å². The summed E-state index contributed by atoms with van der Waals surface area (Å²) in [7, 11) is 0. The highest BCUT2D eigenvalue weighted by molar-refractivity contribution is 5.88. The summed E-state index contributed by atoms with van der Waals surface area (Å²) < 4.78 is 1.80. The molecule has 2 rings (SSSR count). The molecule has 2 amide bonds. The van der Waals surface area contributed by atoms with Crippen molar-refractivity contribution in [2.24, 2.45) is 0 Å². The van der Waals surface area contributed by atoms with E-state index in [1.54, 1.807) is 17.1 Å². The molecule has 6 heteroatoms. The average Bonchev–Trinajstić information content (AvgIpc) is 2.86. The summed E-state index contributed by atoms with van der Waals surface area (Å²) in [6.07, 6.45) is 8.16. The number of urea groups is 1. The predicted molar refractivity (Wildman–Crippen MR) is 82.3 cm³/mol. The number of nitrogens with one attached hydrogen (secondary N) is 2. The van der Waals surface area contributed by atoms with Gasteiger partial charge >= 0.3 is 6.03 Å². The topological polar surface area (TPSA) is 79.2 Å². The molecule has 1 aromatic heterocycles. The zero-order valence-electron chi connectivity index (χ0n) is 13.1. The molecule has 0 atom stereocenters. The Hall–Kier alpha value is -1.56. The van der Waals surface area contributed by atoms with Crippen LogP contribution in [0, 0.1) is 0 Å². The van der Waals surface area contributed by atoms with Gasteiger partial charge in [-0.1, -0.05) is 19.3 Å². The Balaban J connectivity index is 1.83. The van der Waals surface area contributed by atoms with E-state index in [9.17, 15) is 9.90 Å². The van der Waals surface area contributed by atoms with Crippen molar-refractivity contribution in [1.82, 2.24) is 15.1 Å². The van der Waals surface area contributed by atoms with Crippen LogP contribution in [0.5, 0.6) is 0 Å². The summed E-state index contributed by atoms with van der Waals surface area (Å²) in [6.45, 7) is 6.43. The number of hydrogen-bond acceptors (Lipinski definition) is 3. The second kappa shape index (κ2) is 6.05. The quantitative estimate of drug-likeness (QED) is 0.801. The maximum atomic E-state index is 11.9. The third-order valence-electron chi connectivity index (χ3n) is 3.89. The first-order valence-electron chi connectivity index (χ1n) is 7.61. The van der Waals surface area contributed by atoms with Gasteiger partial charge < -0.3 is 15.7 Å². The molecule has 1 heterocycles. The number of aromatic nitrogens is 2. The minimum absolute atomic E-state index is 0.117. The van der Waals surface area contributed by atoms with Crippen molar-refractivity contribution in [1.29, 1.82) is 0 Å². The van der Waals surface area contributed by atoms with Crippen LogP contribution in [0.25, 0.3) is 0 Å². The van der Waals surface area contributed by atoms with Gasteiger partial charge in [0.25, 0.3) is 0 Å². The molecule has 1 aliphatic carbocycles. The molecule has 0 unspecified atom stereocenters. The number of carbonyl (C=O) groups is 1. The molecule has 3 N–H and O–H groups in total. The van der Waals surface area contributed by atoms with Crippen molar-refractivity contribution in [3.05, 3.63) is 12.4 Å². The second-order valence-corrected chi connectivity index (χ2v) is 6.94. The Morgan fingerprint density at radius 1 is 1.38 bits per heavy atom. The lowest BCUT2D eigenvalue weighted by atomic mass is 9.85. The second-order valence-electron chi connectivity index (χ2n) is 6.94. The smallest absolute Gasteiger partial charge is 0.319 e. The van der Waals surface area contributed by atoms with Crippen molar-refractivity contribution in [3.8, 4) is 0 Å². The Bertz CT molecular complexity index is 484. The molecule has 0 saturated heterocycles. The van der Waals surface area contributed by atoms with Crippen LogP contribution in [0.1, 0.15) is 52.9 Å². The van der Waals surface area contributed by atoms with Crippen LogP contribution in [0.2, 0.25) is 0 Å². The van der Waals surface area contributed by atoms with Crippen LogP contribution in [0.4, 0.5) is 10.5 Å². The maximum absolute atomic E-state index is 11.9. The van der Waals surface area contributed by atoms with E-state index in [-0.39, 0.29) is 11.6 Å². The molecular formula is C15H26N4O2. The first kappa shape index (κ1) is 15.8. The molecular weight excluding hydrogens is 268 g/mol. The Morgan fingerprint density at radius 3 is 2.62 bits per heavy atom. The Kier molecular flexibility index (Phi) is 4.56. The molecule has 6 nitrogen and oxygen atoms in total. The highest BCUT2D eigenvalue weighted by Gasteiger charge is 2.29. The van der Waals surface area contributed by atoms with Crippen LogP contribution >= 0.6 is 0 Å². The van der Waals surface area contributed by atoms with Gasteiger partial charge in [0.15, 0.2) is 0 Å². The number of hydrogen-bond donors (Lipinski definition) is 3. The van der Waals surface area contributed by atoms with Gasteiger partial charge in [0.1, 0.15) is 0 Å². The number of rotatable bonds is 3. The van der Waals surface area contributed by atoms with E-state index in [0.717, 1.165) is 25.7 Å². The van der Waals surface area contributed by atoms with E-state index in [4.69, 9.17) is 0 Å². The lowest BCUT2D eigenvalue weighted by Gasteiger charge is -2.32. The molecule has 0 aromatic carbocycles. The van der Waals surface area contributed by atoms with Crippen molar-refractivity contribution in [2.45, 2.75) is 64.0 Å². The van der Waals surface area contributed by atoms with Gasteiger partial charge in [-0.25, -0.2) is 4.79 Å². The van der Waals surface area contributed by atoms with Crippen molar-refractivity contribution >= 4 is 11.7 Å². The fourth-order valence-corrected chi connectivity index (χ4v) is 2.56. The van der Waals surface area contributed by atoms with E-state index in [0.29, 0.717) is 12.2 Å². The molecule has 1 fully saturated rings. The van der Waals surface area contributed by atoms with Crippen LogP contribution in [-0.4, -0.2) is 33.1 Å². The summed E-state index contributed by atoms with van der Waals surface area (Å²) in [5.74, 6) is 0. The van der Waals surface area contributed by atoms with Gasteiger partial charge in [0.2, 0.25) is 0 Å². The summed E-state index contributed by atoms with van der Waals surface area (Å²) >= 11 is 0. The molecule has 1 saturated carbocycles. The zero-order valence-corrected chi connectivity index (χ0v) is 13.1. The summed E-state index contributed by atoms with van der Waals surface area (Å²) in [5, 5.41) is 20.1. The number of carbonyl (C=O) groups excluding carboxylic acids is 1. The van der Waals surface area contributed by atoms with E-state index >= 15 is 0 Å². The van der Waals surface area contributed by atoms with E-state index in [2.05, 4.69) is 15.7 Å². The van der Waals surface area contributed by atoms with Crippen molar-refractivity contribution in [2.75, 3.05) is 11.9 Å². The summed E-state index contributed by atoms with van der Waals surface area (Å²) in [4.78, 5) is 11.9. The molecule has 1 aromatic rings. The number of amides is 2. The Morgan fingerprint density at radius 2 is 2.05 bits per heavy atom. The van der Waals surface area contributed by atoms with Gasteiger partial charge in [-0.05, 0) is 33.6 Å². The molecule has 21 heavy (non-hydrogen) atoms. The highest BCUT2D eigenvalue weighted by Crippen LogP contribution is 2.27. The molecule has 0 bridgehead atoms. The minimum Gasteiger partial charge on any atom is -0.388 e. The van der Waals surface area contributed by atoms with Gasteiger partial charge in [0.05, 0.1) is 23.0 Å². The van der Waals surface area contributed by atoms with E-state index < -0.39 is 5.60 Å². The standard InChI is InChI=1S/C15H26N4O2/c1-14(2,3)19-10-12(9-17-19)18-13(20)16-11-15(21)7-5-4-6-8-15/h9-10,21H,4-8,11H2,1-3H3,(H2,16,18,20). The normalized spacial score (nSPS) is 18.3. The summed E-state index contributed by atoms with van der Waals surface area (Å²) in [6, 6.07) is -0.303. The van der Waals surface area contributed by atoms with Crippen LogP contribution in [-0.2, 0) is 5.54 Å². The van der Waals surface area contributed by atoms with E-state index in [1.165, 1.54) is 6.42 Å². The third kappa shape index (κ3) is 4.46. The Labute approximate surface area is 125 Å². The average molecular weight is 294 g/mol. The van der Waals surface area contributed by atoms with E-state index in [1.807, 2.05) is 20.8 Å². The zero-order chi connectivity index (χ0) is 15.5. The molecule has 1 aliphatic rings. The molecule has 0 spiro atoms. The van der Waals surface area contributed by atoms with Gasteiger partial charge in [-0.3, -0.25) is 4.68 Å². The minimum atomic E-state index is -0.745. The SMILES string of the molecule is CC(C)(C)n1cc(NC(=O)NCC2(O)CCCCC2)cn1. The van der Waals surface area contributed by atoms with Gasteiger partial charge in [-0.2, -0.15) is 5.10 Å². The van der Waals surface area contributed by atoms with Crippen LogP contribution in [0.15, 0.2) is 12.4 Å². The predicted octanol–water partition coefficient (Wildman–Crippen LogP) is 2.45. The highest BCUT2D eigenvalue weighted by atomic mass is 16.3. The fourth-order valence-electron chi connectivity index (χ4n) is 2.56. The lowest BCUT2D eigenvalue weighted by Crippen LogP contribution is -2.45. The number of nitrogens with zero attached hydrogens (tertiary/aromatic N) is 2. The monoisotopic (exact) mass is 294 g/mol.